The highest BCUT2D eigenvalue weighted by Crippen LogP contribution is 2.44. The SMILES string of the molecule is CC1=C(O[Si](C)(C)C(C)(C)C)CCC1c1ccccc1. The summed E-state index contributed by atoms with van der Waals surface area (Å²) in [6, 6.07) is 10.8. The molecule has 2 heteroatoms. The van der Waals surface area contributed by atoms with Gasteiger partial charge in [-0.25, -0.2) is 0 Å². The molecule has 1 aromatic rings. The fourth-order valence-corrected chi connectivity index (χ4v) is 3.76. The first-order chi connectivity index (χ1) is 9.22. The molecule has 0 saturated heterocycles. The van der Waals surface area contributed by atoms with Crippen molar-refractivity contribution in [2.24, 2.45) is 0 Å². The fourth-order valence-electron chi connectivity index (χ4n) is 2.58. The van der Waals surface area contributed by atoms with Crippen LogP contribution >= 0.6 is 0 Å². The summed E-state index contributed by atoms with van der Waals surface area (Å²) in [4.78, 5) is 0. The standard InChI is InChI=1S/C18H28OSi/c1-14-16(15-10-8-7-9-11-15)12-13-17(14)19-20(5,6)18(2,3)4/h7-11,16H,12-13H2,1-6H3. The minimum atomic E-state index is -1.70. The van der Waals surface area contributed by atoms with Gasteiger partial charge in [-0.05, 0) is 42.6 Å². The van der Waals surface area contributed by atoms with Gasteiger partial charge in [-0.15, -0.1) is 0 Å². The summed E-state index contributed by atoms with van der Waals surface area (Å²) < 4.78 is 6.55. The Morgan fingerprint density at radius 3 is 2.25 bits per heavy atom. The molecular formula is C18H28OSi. The van der Waals surface area contributed by atoms with Crippen molar-refractivity contribution in [2.75, 3.05) is 0 Å². The number of rotatable bonds is 3. The number of allylic oxidation sites excluding steroid dienone is 2. The molecule has 1 aromatic carbocycles. The van der Waals surface area contributed by atoms with Gasteiger partial charge in [-0.3, -0.25) is 0 Å². The van der Waals surface area contributed by atoms with Crippen LogP contribution < -0.4 is 0 Å². The maximum Gasteiger partial charge on any atom is 0.250 e. The monoisotopic (exact) mass is 288 g/mol. The van der Waals surface area contributed by atoms with E-state index in [1.165, 1.54) is 23.3 Å². The topological polar surface area (TPSA) is 9.23 Å². The second kappa shape index (κ2) is 5.40. The van der Waals surface area contributed by atoms with Gasteiger partial charge >= 0.3 is 0 Å². The summed E-state index contributed by atoms with van der Waals surface area (Å²) in [5.41, 5.74) is 2.87. The maximum atomic E-state index is 6.55. The van der Waals surface area contributed by atoms with Crippen LogP contribution in [-0.4, -0.2) is 8.32 Å². The van der Waals surface area contributed by atoms with Gasteiger partial charge in [0, 0.05) is 12.3 Å². The second-order valence-corrected chi connectivity index (χ2v) is 12.2. The van der Waals surface area contributed by atoms with E-state index in [-0.39, 0.29) is 5.04 Å². The molecule has 0 heterocycles. The molecule has 20 heavy (non-hydrogen) atoms. The molecule has 0 spiro atoms. The Hall–Kier alpha value is -1.02. The van der Waals surface area contributed by atoms with E-state index in [2.05, 4.69) is 71.1 Å². The van der Waals surface area contributed by atoms with E-state index >= 15 is 0 Å². The van der Waals surface area contributed by atoms with Gasteiger partial charge < -0.3 is 4.43 Å². The Labute approximate surface area is 125 Å². The molecule has 0 N–H and O–H groups in total. The van der Waals surface area contributed by atoms with Crippen LogP contribution in [0.5, 0.6) is 0 Å². The van der Waals surface area contributed by atoms with Gasteiger partial charge in [0.15, 0.2) is 0 Å². The van der Waals surface area contributed by atoms with Crippen LogP contribution in [0, 0.1) is 0 Å². The molecule has 0 aliphatic heterocycles. The van der Waals surface area contributed by atoms with E-state index in [0.717, 1.165) is 6.42 Å². The van der Waals surface area contributed by atoms with E-state index in [0.29, 0.717) is 5.92 Å². The van der Waals surface area contributed by atoms with Gasteiger partial charge in [-0.1, -0.05) is 51.1 Å². The highest BCUT2D eigenvalue weighted by Gasteiger charge is 2.40. The van der Waals surface area contributed by atoms with E-state index in [1.54, 1.807) is 0 Å². The average molecular weight is 289 g/mol. The lowest BCUT2D eigenvalue weighted by Crippen LogP contribution is -2.40. The summed E-state index contributed by atoms with van der Waals surface area (Å²) in [6.45, 7) is 13.8. The Morgan fingerprint density at radius 2 is 1.70 bits per heavy atom. The van der Waals surface area contributed by atoms with E-state index in [4.69, 9.17) is 4.43 Å². The van der Waals surface area contributed by atoms with Crippen molar-refractivity contribution in [3.63, 3.8) is 0 Å². The van der Waals surface area contributed by atoms with E-state index in [1.807, 2.05) is 0 Å². The van der Waals surface area contributed by atoms with Crippen molar-refractivity contribution in [1.29, 1.82) is 0 Å². The summed E-state index contributed by atoms with van der Waals surface area (Å²) in [5.74, 6) is 1.82. The smallest absolute Gasteiger partial charge is 0.250 e. The molecule has 0 aromatic heterocycles. The quantitative estimate of drug-likeness (QED) is 0.633. The third-order valence-electron chi connectivity index (χ3n) is 5.01. The van der Waals surface area contributed by atoms with Crippen LogP contribution in [-0.2, 0) is 4.43 Å². The molecule has 0 radical (unpaired) electrons. The first-order valence-electron chi connectivity index (χ1n) is 7.66. The highest BCUT2D eigenvalue weighted by atomic mass is 28.4. The average Bonchev–Trinajstić information content (AvgIpc) is 2.70. The normalized spacial score (nSPS) is 20.4. The summed E-state index contributed by atoms with van der Waals surface area (Å²) in [7, 11) is -1.70. The molecule has 1 aliphatic rings. The third kappa shape index (κ3) is 3.00. The summed E-state index contributed by atoms with van der Waals surface area (Å²) in [5, 5.41) is 0.269. The number of hydrogen-bond acceptors (Lipinski definition) is 1. The minimum absolute atomic E-state index is 0.269. The molecule has 0 fully saturated rings. The van der Waals surface area contributed by atoms with Crippen LogP contribution in [0.1, 0.15) is 52.0 Å². The molecule has 1 atom stereocenters. The fraction of sp³-hybridized carbons (Fsp3) is 0.556. The lowest BCUT2D eigenvalue weighted by molar-refractivity contribution is 0.370. The zero-order valence-corrected chi connectivity index (χ0v) is 14.8. The van der Waals surface area contributed by atoms with Crippen molar-refractivity contribution in [3.8, 4) is 0 Å². The summed E-state index contributed by atoms with van der Waals surface area (Å²) in [6.07, 6.45) is 2.29. The zero-order valence-electron chi connectivity index (χ0n) is 13.8. The lowest BCUT2D eigenvalue weighted by atomic mass is 9.94. The van der Waals surface area contributed by atoms with Gasteiger partial charge in [0.1, 0.15) is 0 Å². The largest absolute Gasteiger partial charge is 0.547 e. The van der Waals surface area contributed by atoms with Crippen LogP contribution in [0.4, 0.5) is 0 Å². The van der Waals surface area contributed by atoms with Crippen molar-refractivity contribution >= 4 is 8.32 Å². The molecule has 0 amide bonds. The number of benzene rings is 1. The summed E-state index contributed by atoms with van der Waals surface area (Å²) >= 11 is 0. The van der Waals surface area contributed by atoms with Gasteiger partial charge in [0.25, 0.3) is 0 Å². The third-order valence-corrected chi connectivity index (χ3v) is 9.38. The first-order valence-corrected chi connectivity index (χ1v) is 10.6. The van der Waals surface area contributed by atoms with Crippen molar-refractivity contribution in [3.05, 3.63) is 47.2 Å². The molecule has 1 nitrogen and oxygen atoms in total. The predicted molar refractivity (Wildman–Crippen MR) is 89.4 cm³/mol. The van der Waals surface area contributed by atoms with Crippen LogP contribution in [0.25, 0.3) is 0 Å². The van der Waals surface area contributed by atoms with Crippen LogP contribution in [0.2, 0.25) is 18.1 Å². The molecule has 2 rings (SSSR count). The molecular weight excluding hydrogens is 260 g/mol. The lowest BCUT2D eigenvalue weighted by Gasteiger charge is -2.37. The Kier molecular flexibility index (Phi) is 4.15. The Balaban J connectivity index is 2.20. The van der Waals surface area contributed by atoms with E-state index < -0.39 is 8.32 Å². The van der Waals surface area contributed by atoms with Crippen molar-refractivity contribution in [2.45, 2.75) is 64.6 Å². The minimum Gasteiger partial charge on any atom is -0.547 e. The Bertz CT molecular complexity index is 494. The van der Waals surface area contributed by atoms with Crippen LogP contribution in [0.15, 0.2) is 41.7 Å². The zero-order chi connectivity index (χ0) is 15.0. The molecule has 0 saturated carbocycles. The van der Waals surface area contributed by atoms with Crippen LogP contribution in [0.3, 0.4) is 0 Å². The van der Waals surface area contributed by atoms with Gasteiger partial charge in [0.2, 0.25) is 8.32 Å². The van der Waals surface area contributed by atoms with Gasteiger partial charge in [-0.2, -0.15) is 0 Å². The first kappa shape index (κ1) is 15.4. The maximum absolute atomic E-state index is 6.55. The Morgan fingerprint density at radius 1 is 1.10 bits per heavy atom. The van der Waals surface area contributed by atoms with Gasteiger partial charge in [0.05, 0.1) is 5.76 Å². The van der Waals surface area contributed by atoms with E-state index in [9.17, 15) is 0 Å². The predicted octanol–water partition coefficient (Wildman–Crippen LogP) is 5.86. The number of hydrogen-bond donors (Lipinski definition) is 0. The highest BCUT2D eigenvalue weighted by molar-refractivity contribution is 6.74. The van der Waals surface area contributed by atoms with Crippen molar-refractivity contribution < 1.29 is 4.43 Å². The molecule has 1 unspecified atom stereocenters. The molecule has 1 aliphatic carbocycles. The molecule has 110 valence electrons. The molecule has 0 bridgehead atoms. The van der Waals surface area contributed by atoms with Crippen molar-refractivity contribution in [1.82, 2.24) is 0 Å². The second-order valence-electron chi connectivity index (χ2n) is 7.47.